The molecule has 17 heavy (non-hydrogen) atoms. The van der Waals surface area contributed by atoms with Gasteiger partial charge in [0.05, 0.1) is 11.3 Å². The van der Waals surface area contributed by atoms with Crippen LogP contribution in [0.2, 0.25) is 0 Å². The van der Waals surface area contributed by atoms with Gasteiger partial charge in [0.15, 0.2) is 0 Å². The van der Waals surface area contributed by atoms with Gasteiger partial charge in [-0.2, -0.15) is 5.10 Å². The van der Waals surface area contributed by atoms with Gasteiger partial charge in [-0.05, 0) is 38.7 Å². The molecule has 0 aromatic carbocycles. The normalized spacial score (nSPS) is 26.1. The van der Waals surface area contributed by atoms with Crippen LogP contribution in [0.5, 0.6) is 0 Å². The van der Waals surface area contributed by atoms with Crippen molar-refractivity contribution in [3.8, 4) is 0 Å². The Labute approximate surface area is 103 Å². The van der Waals surface area contributed by atoms with E-state index < -0.39 is 5.60 Å². The lowest BCUT2D eigenvalue weighted by molar-refractivity contribution is 0.0739. The van der Waals surface area contributed by atoms with Gasteiger partial charge in [-0.25, -0.2) is 0 Å². The summed E-state index contributed by atoms with van der Waals surface area (Å²) >= 11 is 0. The van der Waals surface area contributed by atoms with Crippen molar-refractivity contribution in [1.29, 1.82) is 0 Å². The molecule has 0 spiro atoms. The average molecular weight is 234 g/mol. The van der Waals surface area contributed by atoms with Crippen molar-refractivity contribution in [3.05, 3.63) is 30.1 Å². The minimum absolute atomic E-state index is 0.431. The molecular formula is C14H22N2O. The van der Waals surface area contributed by atoms with Crippen LogP contribution in [0.4, 0.5) is 0 Å². The number of aromatic nitrogens is 2. The van der Waals surface area contributed by atoms with Gasteiger partial charge in [-0.1, -0.05) is 19.1 Å². The molecule has 0 fully saturated rings. The number of hydrogen-bond donors (Lipinski definition) is 1. The lowest BCUT2D eigenvalue weighted by Gasteiger charge is -2.26. The average Bonchev–Trinajstić information content (AvgIpc) is 2.76. The first kappa shape index (κ1) is 12.4. The van der Waals surface area contributed by atoms with Crippen LogP contribution in [-0.2, 0) is 6.42 Å². The summed E-state index contributed by atoms with van der Waals surface area (Å²) in [6, 6.07) is 2.45. The van der Waals surface area contributed by atoms with Gasteiger partial charge in [0.25, 0.3) is 0 Å². The number of aliphatic hydroxyl groups is 1. The fourth-order valence-corrected chi connectivity index (χ4v) is 2.28. The molecule has 1 aromatic rings. The molecule has 0 saturated carbocycles. The van der Waals surface area contributed by atoms with Crippen molar-refractivity contribution >= 4 is 0 Å². The highest BCUT2D eigenvalue weighted by Crippen LogP contribution is 2.25. The number of hydrogen-bond acceptors (Lipinski definition) is 2. The monoisotopic (exact) mass is 234 g/mol. The van der Waals surface area contributed by atoms with Gasteiger partial charge >= 0.3 is 0 Å². The fourth-order valence-electron chi connectivity index (χ4n) is 2.28. The fraction of sp³-hybridized carbons (Fsp3) is 0.643. The van der Waals surface area contributed by atoms with Crippen LogP contribution < -0.4 is 0 Å². The molecule has 94 valence electrons. The van der Waals surface area contributed by atoms with Crippen molar-refractivity contribution in [1.82, 2.24) is 9.78 Å². The van der Waals surface area contributed by atoms with Crippen molar-refractivity contribution in [2.24, 2.45) is 0 Å². The number of nitrogens with zero attached hydrogens (tertiary/aromatic N) is 2. The van der Waals surface area contributed by atoms with E-state index in [1.807, 2.05) is 23.0 Å². The van der Waals surface area contributed by atoms with Crippen LogP contribution in [0.3, 0.4) is 0 Å². The Morgan fingerprint density at radius 1 is 1.59 bits per heavy atom. The van der Waals surface area contributed by atoms with Crippen LogP contribution >= 0.6 is 0 Å². The van der Waals surface area contributed by atoms with E-state index >= 15 is 0 Å². The summed E-state index contributed by atoms with van der Waals surface area (Å²) in [5.74, 6) is 0. The molecule has 2 unspecified atom stereocenters. The zero-order chi connectivity index (χ0) is 12.3. The Kier molecular flexibility index (Phi) is 3.67. The third kappa shape index (κ3) is 2.97. The maximum atomic E-state index is 10.4. The predicted octanol–water partition coefficient (Wildman–Crippen LogP) is 2.87. The van der Waals surface area contributed by atoms with Crippen LogP contribution in [0, 0.1) is 0 Å². The van der Waals surface area contributed by atoms with E-state index in [1.54, 1.807) is 0 Å². The molecule has 0 amide bonds. The second-order valence-corrected chi connectivity index (χ2v) is 5.12. The van der Waals surface area contributed by atoms with E-state index in [1.165, 1.54) is 0 Å². The second-order valence-electron chi connectivity index (χ2n) is 5.12. The highest BCUT2D eigenvalue weighted by atomic mass is 16.3. The molecule has 0 bridgehead atoms. The van der Waals surface area contributed by atoms with Crippen molar-refractivity contribution in [3.63, 3.8) is 0 Å². The Bertz CT molecular complexity index is 397. The number of rotatable bonds is 4. The van der Waals surface area contributed by atoms with Gasteiger partial charge < -0.3 is 5.11 Å². The quantitative estimate of drug-likeness (QED) is 0.813. The Morgan fingerprint density at radius 2 is 2.41 bits per heavy atom. The molecule has 0 aliphatic heterocycles. The van der Waals surface area contributed by atoms with Gasteiger partial charge in [0.1, 0.15) is 0 Å². The lowest BCUT2D eigenvalue weighted by atomic mass is 9.87. The first-order valence-electron chi connectivity index (χ1n) is 6.57. The molecule has 2 rings (SSSR count). The minimum atomic E-state index is -0.674. The summed E-state index contributed by atoms with van der Waals surface area (Å²) in [7, 11) is 0. The maximum absolute atomic E-state index is 10.4. The molecule has 1 heterocycles. The van der Waals surface area contributed by atoms with Gasteiger partial charge in [-0.3, -0.25) is 4.68 Å². The molecular weight excluding hydrogens is 212 g/mol. The first-order chi connectivity index (χ1) is 8.13. The van der Waals surface area contributed by atoms with Gasteiger partial charge in [-0.15, -0.1) is 0 Å². The molecule has 3 nitrogen and oxygen atoms in total. The van der Waals surface area contributed by atoms with Gasteiger partial charge in [0, 0.05) is 18.7 Å². The summed E-state index contributed by atoms with van der Waals surface area (Å²) in [5, 5.41) is 14.9. The highest BCUT2D eigenvalue weighted by molar-refractivity contribution is 5.13. The lowest BCUT2D eigenvalue weighted by Crippen LogP contribution is -2.30. The molecule has 1 N–H and O–H groups in total. The minimum Gasteiger partial charge on any atom is -0.385 e. The van der Waals surface area contributed by atoms with Crippen molar-refractivity contribution in [2.45, 2.75) is 57.6 Å². The van der Waals surface area contributed by atoms with Crippen molar-refractivity contribution in [2.75, 3.05) is 0 Å². The molecule has 1 aromatic heterocycles. The molecule has 0 saturated heterocycles. The molecule has 1 aliphatic carbocycles. The standard InChI is InChI=1S/C14H22N2O/c1-3-12(2)16-10-7-13(15-16)11-14(17)8-5-4-6-9-14/h5,7-8,10,12,17H,3-4,6,9,11H2,1-2H3. The Balaban J connectivity index is 2.06. The molecule has 1 aliphatic rings. The second kappa shape index (κ2) is 5.05. The zero-order valence-corrected chi connectivity index (χ0v) is 10.8. The summed E-state index contributed by atoms with van der Waals surface area (Å²) in [6.45, 7) is 4.31. The molecule has 2 atom stereocenters. The van der Waals surface area contributed by atoms with E-state index in [2.05, 4.69) is 25.0 Å². The predicted molar refractivity (Wildman–Crippen MR) is 68.9 cm³/mol. The molecule has 3 heteroatoms. The summed E-state index contributed by atoms with van der Waals surface area (Å²) in [4.78, 5) is 0. The maximum Gasteiger partial charge on any atom is 0.0883 e. The largest absolute Gasteiger partial charge is 0.385 e. The van der Waals surface area contributed by atoms with Gasteiger partial charge in [0.2, 0.25) is 0 Å². The Morgan fingerprint density at radius 3 is 3.06 bits per heavy atom. The van der Waals surface area contributed by atoms with Crippen LogP contribution in [0.25, 0.3) is 0 Å². The van der Waals surface area contributed by atoms with Crippen LogP contribution in [0.15, 0.2) is 24.4 Å². The smallest absolute Gasteiger partial charge is 0.0883 e. The van der Waals surface area contributed by atoms with Crippen LogP contribution in [-0.4, -0.2) is 20.5 Å². The number of allylic oxidation sites excluding steroid dienone is 1. The third-order valence-electron chi connectivity index (χ3n) is 3.60. The first-order valence-corrected chi connectivity index (χ1v) is 6.57. The Hall–Kier alpha value is -1.09. The van der Waals surface area contributed by atoms with E-state index in [0.717, 1.165) is 31.4 Å². The SMILES string of the molecule is CCC(C)n1ccc(CC2(O)C=CCCC2)n1. The van der Waals surface area contributed by atoms with Crippen LogP contribution in [0.1, 0.15) is 51.3 Å². The third-order valence-corrected chi connectivity index (χ3v) is 3.60. The summed E-state index contributed by atoms with van der Waals surface area (Å²) < 4.78 is 1.99. The van der Waals surface area contributed by atoms with E-state index in [9.17, 15) is 5.11 Å². The topological polar surface area (TPSA) is 38.0 Å². The summed E-state index contributed by atoms with van der Waals surface area (Å²) in [5.41, 5.74) is 0.312. The van der Waals surface area contributed by atoms with E-state index in [0.29, 0.717) is 12.5 Å². The highest BCUT2D eigenvalue weighted by Gasteiger charge is 2.26. The zero-order valence-electron chi connectivity index (χ0n) is 10.8. The molecule has 0 radical (unpaired) electrons. The van der Waals surface area contributed by atoms with E-state index in [-0.39, 0.29) is 0 Å². The van der Waals surface area contributed by atoms with Crippen molar-refractivity contribution < 1.29 is 5.11 Å². The van der Waals surface area contributed by atoms with E-state index in [4.69, 9.17) is 0 Å². The summed E-state index contributed by atoms with van der Waals surface area (Å²) in [6.07, 6.45) is 10.7.